The molecule has 5 nitrogen and oxygen atoms in total. The molecule has 0 aliphatic rings. The molecule has 1 aromatic rings. The molecule has 0 radical (unpaired) electrons. The monoisotopic (exact) mass is 188 g/mol. The Morgan fingerprint density at radius 1 is 1.25 bits per heavy atom. The van der Waals surface area contributed by atoms with Gasteiger partial charge in [-0.2, -0.15) is 8.42 Å². The maximum atomic E-state index is 10.3. The van der Waals surface area contributed by atoms with Gasteiger partial charge in [-0.1, -0.05) is 18.2 Å². The molecule has 12 heavy (non-hydrogen) atoms. The largest absolute Gasteiger partial charge is 0.393 e. The molecule has 0 saturated carbocycles. The predicted octanol–water partition coefficient (Wildman–Crippen LogP) is -0.227. The lowest BCUT2D eigenvalue weighted by Crippen LogP contribution is -2.33. The zero-order valence-corrected chi connectivity index (χ0v) is 6.91. The molecule has 1 rings (SSSR count). The van der Waals surface area contributed by atoms with E-state index in [2.05, 4.69) is 9.98 Å². The predicted molar refractivity (Wildman–Crippen MR) is 43.3 cm³/mol. The second kappa shape index (κ2) is 3.53. The summed E-state index contributed by atoms with van der Waals surface area (Å²) in [4.78, 5) is 6.30. The zero-order chi connectivity index (χ0) is 9.03. The van der Waals surface area contributed by atoms with Crippen molar-refractivity contribution < 1.29 is 13.3 Å². The van der Waals surface area contributed by atoms with Crippen molar-refractivity contribution in [1.82, 2.24) is 4.89 Å². The first-order valence-corrected chi connectivity index (χ1v) is 4.64. The summed E-state index contributed by atoms with van der Waals surface area (Å²) in [5.74, 6) is 0.381. The van der Waals surface area contributed by atoms with Crippen molar-refractivity contribution in [1.29, 1.82) is 0 Å². The Bertz CT molecular complexity index is 335. The van der Waals surface area contributed by atoms with E-state index in [-0.39, 0.29) is 0 Å². The van der Waals surface area contributed by atoms with Crippen LogP contribution in [0.5, 0.6) is 5.75 Å². The van der Waals surface area contributed by atoms with Gasteiger partial charge in [-0.25, -0.2) is 5.14 Å². The maximum Gasteiger partial charge on any atom is 0.305 e. The van der Waals surface area contributed by atoms with Gasteiger partial charge >= 0.3 is 10.2 Å². The molecule has 0 aliphatic carbocycles. The fourth-order valence-electron chi connectivity index (χ4n) is 0.595. The Morgan fingerprint density at radius 3 is 2.33 bits per heavy atom. The molecular weight excluding hydrogens is 180 g/mol. The molecule has 0 aromatic heterocycles. The van der Waals surface area contributed by atoms with Crippen LogP contribution in [0.2, 0.25) is 0 Å². The van der Waals surface area contributed by atoms with Gasteiger partial charge in [0.15, 0.2) is 0 Å². The fourth-order valence-corrected chi connectivity index (χ4v) is 0.807. The third-order valence-electron chi connectivity index (χ3n) is 1.02. The molecular formula is C6H8N2O3S. The van der Waals surface area contributed by atoms with Crippen molar-refractivity contribution in [2.75, 3.05) is 0 Å². The van der Waals surface area contributed by atoms with Crippen LogP contribution in [0, 0.1) is 0 Å². The third-order valence-corrected chi connectivity index (χ3v) is 1.33. The first-order chi connectivity index (χ1) is 5.58. The number of benzene rings is 1. The van der Waals surface area contributed by atoms with E-state index >= 15 is 0 Å². The normalized spacial score (nSPS) is 11.1. The second-order valence-electron chi connectivity index (χ2n) is 2.04. The number of nitrogens with one attached hydrogen (secondary N) is 1. The highest BCUT2D eigenvalue weighted by atomic mass is 32.2. The molecule has 66 valence electrons. The van der Waals surface area contributed by atoms with Crippen LogP contribution in [0.15, 0.2) is 30.3 Å². The lowest BCUT2D eigenvalue weighted by atomic mass is 10.3. The molecule has 3 N–H and O–H groups in total. The van der Waals surface area contributed by atoms with Gasteiger partial charge < -0.3 is 4.84 Å². The van der Waals surface area contributed by atoms with Crippen LogP contribution in [-0.4, -0.2) is 8.42 Å². The topological polar surface area (TPSA) is 81.4 Å². The van der Waals surface area contributed by atoms with Gasteiger partial charge in [-0.05, 0) is 17.0 Å². The minimum absolute atomic E-state index is 0.381. The van der Waals surface area contributed by atoms with Crippen molar-refractivity contribution in [2.45, 2.75) is 0 Å². The number of hydrogen-bond acceptors (Lipinski definition) is 3. The van der Waals surface area contributed by atoms with Gasteiger partial charge in [0.25, 0.3) is 0 Å². The Kier molecular flexibility index (Phi) is 2.64. The minimum atomic E-state index is -3.79. The maximum absolute atomic E-state index is 10.3. The van der Waals surface area contributed by atoms with Gasteiger partial charge in [0.1, 0.15) is 5.75 Å². The van der Waals surface area contributed by atoms with Crippen LogP contribution in [0.4, 0.5) is 0 Å². The number of nitrogens with two attached hydrogens (primary N) is 1. The van der Waals surface area contributed by atoms with Crippen LogP contribution in [0.3, 0.4) is 0 Å². The highest BCUT2D eigenvalue weighted by Crippen LogP contribution is 2.06. The van der Waals surface area contributed by atoms with E-state index in [1.165, 1.54) is 0 Å². The van der Waals surface area contributed by atoms with Crippen LogP contribution < -0.4 is 14.9 Å². The molecule has 0 bridgehead atoms. The van der Waals surface area contributed by atoms with Gasteiger partial charge in [0.05, 0.1) is 0 Å². The highest BCUT2D eigenvalue weighted by Gasteiger charge is 2.00. The average Bonchev–Trinajstić information content (AvgIpc) is 2.02. The number of rotatable bonds is 3. The van der Waals surface area contributed by atoms with E-state index in [1.807, 2.05) is 0 Å². The van der Waals surface area contributed by atoms with Crippen LogP contribution in [0.1, 0.15) is 0 Å². The molecule has 0 saturated heterocycles. The number of para-hydroxylation sites is 1. The summed E-state index contributed by atoms with van der Waals surface area (Å²) in [5.41, 5.74) is 0. The zero-order valence-electron chi connectivity index (χ0n) is 6.10. The summed E-state index contributed by atoms with van der Waals surface area (Å²) in [6.45, 7) is 0. The Morgan fingerprint density at radius 2 is 1.83 bits per heavy atom. The van der Waals surface area contributed by atoms with E-state index in [0.717, 1.165) is 0 Å². The Hall–Kier alpha value is -1.11. The first-order valence-electron chi connectivity index (χ1n) is 3.09. The molecule has 0 aliphatic heterocycles. The smallest absolute Gasteiger partial charge is 0.305 e. The van der Waals surface area contributed by atoms with E-state index in [0.29, 0.717) is 5.75 Å². The molecule has 0 fully saturated rings. The summed E-state index contributed by atoms with van der Waals surface area (Å²) in [6, 6.07) is 8.39. The highest BCUT2D eigenvalue weighted by molar-refractivity contribution is 7.87. The van der Waals surface area contributed by atoms with Crippen molar-refractivity contribution in [3.05, 3.63) is 30.3 Å². The number of hydrogen-bond donors (Lipinski definition) is 2. The summed E-state index contributed by atoms with van der Waals surface area (Å²) >= 11 is 0. The first kappa shape index (κ1) is 8.98. The lowest BCUT2D eigenvalue weighted by Gasteiger charge is -2.02. The van der Waals surface area contributed by atoms with Gasteiger partial charge in [-0.15, -0.1) is 0 Å². The van der Waals surface area contributed by atoms with E-state index in [4.69, 9.17) is 0 Å². The van der Waals surface area contributed by atoms with E-state index < -0.39 is 10.2 Å². The summed E-state index contributed by atoms with van der Waals surface area (Å²) < 4.78 is 20.7. The van der Waals surface area contributed by atoms with Crippen LogP contribution in [-0.2, 0) is 10.2 Å². The molecule has 0 atom stereocenters. The molecule has 0 amide bonds. The van der Waals surface area contributed by atoms with Gasteiger partial charge in [0.2, 0.25) is 0 Å². The second-order valence-corrected chi connectivity index (χ2v) is 3.30. The van der Waals surface area contributed by atoms with Crippen LogP contribution >= 0.6 is 0 Å². The third kappa shape index (κ3) is 3.33. The summed E-state index contributed by atoms with van der Waals surface area (Å²) in [6.07, 6.45) is 0. The van der Waals surface area contributed by atoms with Crippen LogP contribution in [0.25, 0.3) is 0 Å². The van der Waals surface area contributed by atoms with Crippen molar-refractivity contribution in [3.8, 4) is 5.75 Å². The molecule has 0 spiro atoms. The van der Waals surface area contributed by atoms with Crippen molar-refractivity contribution in [3.63, 3.8) is 0 Å². The molecule has 1 aromatic carbocycles. The average molecular weight is 188 g/mol. The fraction of sp³-hybridized carbons (Fsp3) is 0. The molecule has 6 heteroatoms. The Labute approximate surface area is 70.3 Å². The Balaban J connectivity index is 2.56. The quantitative estimate of drug-likeness (QED) is 0.643. The van der Waals surface area contributed by atoms with Gasteiger partial charge in [-0.3, -0.25) is 0 Å². The minimum Gasteiger partial charge on any atom is -0.393 e. The SMILES string of the molecule is NS(=O)(=O)NOc1ccccc1. The molecule has 0 heterocycles. The van der Waals surface area contributed by atoms with Crippen molar-refractivity contribution >= 4 is 10.2 Å². The standard InChI is InChI=1S/C6H8N2O3S/c7-12(9,10)8-11-6-4-2-1-3-5-6/h1-5,8H,(H2,7,9,10). The van der Waals surface area contributed by atoms with E-state index in [9.17, 15) is 8.42 Å². The van der Waals surface area contributed by atoms with Gasteiger partial charge in [0, 0.05) is 0 Å². The van der Waals surface area contributed by atoms with Crippen molar-refractivity contribution in [2.24, 2.45) is 5.14 Å². The van der Waals surface area contributed by atoms with E-state index in [1.54, 1.807) is 35.2 Å². The summed E-state index contributed by atoms with van der Waals surface area (Å²) in [5, 5.41) is 4.62. The summed E-state index contributed by atoms with van der Waals surface area (Å²) in [7, 11) is -3.79. The molecule has 0 unspecified atom stereocenters. The lowest BCUT2D eigenvalue weighted by molar-refractivity contribution is 0.269.